The summed E-state index contributed by atoms with van der Waals surface area (Å²) in [6.07, 6.45) is 1.55. The van der Waals surface area contributed by atoms with Crippen molar-refractivity contribution in [2.75, 3.05) is 0 Å². The predicted molar refractivity (Wildman–Crippen MR) is 66.4 cm³/mol. The Morgan fingerprint density at radius 1 is 1.11 bits per heavy atom. The number of ether oxygens (including phenoxy) is 1. The molecule has 1 heterocycles. The van der Waals surface area contributed by atoms with Crippen molar-refractivity contribution in [3.05, 3.63) is 54.4 Å². The first-order chi connectivity index (χ1) is 8.83. The van der Waals surface area contributed by atoms with E-state index in [2.05, 4.69) is 5.16 Å². The van der Waals surface area contributed by atoms with E-state index in [1.54, 1.807) is 24.4 Å². The van der Waals surface area contributed by atoms with Crippen LogP contribution < -0.4 is 4.74 Å². The molecule has 18 heavy (non-hydrogen) atoms. The highest BCUT2D eigenvalue weighted by Gasteiger charge is 2.06. The highest BCUT2D eigenvalue weighted by atomic mass is 16.5. The number of hydrogen-bond donors (Lipinski definition) is 1. The molecule has 3 rings (SSSR count). The van der Waals surface area contributed by atoms with Gasteiger partial charge < -0.3 is 14.4 Å². The summed E-state index contributed by atoms with van der Waals surface area (Å²) in [5, 5.41) is 15.4. The summed E-state index contributed by atoms with van der Waals surface area (Å²) >= 11 is 0. The van der Waals surface area contributed by atoms with Gasteiger partial charge in [0.15, 0.2) is 17.3 Å². The zero-order chi connectivity index (χ0) is 12.4. The van der Waals surface area contributed by atoms with E-state index in [4.69, 9.17) is 9.26 Å². The van der Waals surface area contributed by atoms with Crippen LogP contribution in [0.15, 0.2) is 53.2 Å². The van der Waals surface area contributed by atoms with Crippen molar-refractivity contribution < 1.29 is 14.4 Å². The van der Waals surface area contributed by atoms with Gasteiger partial charge in [0.2, 0.25) is 0 Å². The number of phenols is 1. The van der Waals surface area contributed by atoms with Crippen molar-refractivity contribution in [3.63, 3.8) is 0 Å². The van der Waals surface area contributed by atoms with Crippen LogP contribution in [-0.4, -0.2) is 10.3 Å². The van der Waals surface area contributed by atoms with Gasteiger partial charge in [-0.2, -0.15) is 0 Å². The second kappa shape index (κ2) is 4.41. The average Bonchev–Trinajstić information content (AvgIpc) is 2.89. The Balaban J connectivity index is 1.89. The van der Waals surface area contributed by atoms with E-state index in [1.165, 1.54) is 0 Å². The van der Waals surface area contributed by atoms with E-state index in [0.717, 1.165) is 10.8 Å². The fourth-order valence-electron chi connectivity index (χ4n) is 1.79. The SMILES string of the molecule is Oc1cc2ccccc2cc1OCc1ccno1. The lowest BCUT2D eigenvalue weighted by atomic mass is 10.1. The number of aromatic nitrogens is 1. The van der Waals surface area contributed by atoms with Gasteiger partial charge in [-0.3, -0.25) is 0 Å². The third kappa shape index (κ3) is 2.00. The van der Waals surface area contributed by atoms with Gasteiger partial charge in [0.05, 0.1) is 6.20 Å². The van der Waals surface area contributed by atoms with Crippen molar-refractivity contribution >= 4 is 10.8 Å². The molecule has 90 valence electrons. The maximum absolute atomic E-state index is 9.87. The highest BCUT2D eigenvalue weighted by molar-refractivity contribution is 5.85. The van der Waals surface area contributed by atoms with Crippen molar-refractivity contribution in [1.29, 1.82) is 0 Å². The molecule has 1 aromatic heterocycles. The third-order valence-electron chi connectivity index (χ3n) is 2.69. The molecule has 0 amide bonds. The fraction of sp³-hybridized carbons (Fsp3) is 0.0714. The van der Waals surface area contributed by atoms with Crippen molar-refractivity contribution in [3.8, 4) is 11.5 Å². The van der Waals surface area contributed by atoms with E-state index in [-0.39, 0.29) is 12.4 Å². The summed E-state index contributed by atoms with van der Waals surface area (Å²) in [7, 11) is 0. The summed E-state index contributed by atoms with van der Waals surface area (Å²) < 4.78 is 10.4. The lowest BCUT2D eigenvalue weighted by molar-refractivity contribution is 0.241. The summed E-state index contributed by atoms with van der Waals surface area (Å²) in [6.45, 7) is 0.242. The molecule has 0 radical (unpaired) electrons. The molecule has 0 saturated heterocycles. The van der Waals surface area contributed by atoms with Crippen LogP contribution in [0.5, 0.6) is 11.5 Å². The lowest BCUT2D eigenvalue weighted by Gasteiger charge is -2.07. The van der Waals surface area contributed by atoms with Crippen LogP contribution in [0.2, 0.25) is 0 Å². The predicted octanol–water partition coefficient (Wildman–Crippen LogP) is 3.11. The van der Waals surface area contributed by atoms with Gasteiger partial charge in [-0.25, -0.2) is 0 Å². The van der Waals surface area contributed by atoms with Gasteiger partial charge in [-0.1, -0.05) is 29.4 Å². The number of aromatic hydroxyl groups is 1. The molecule has 0 aliphatic heterocycles. The van der Waals surface area contributed by atoms with Gasteiger partial charge in [0.1, 0.15) is 6.61 Å². The first-order valence-electron chi connectivity index (χ1n) is 5.57. The minimum atomic E-state index is 0.119. The minimum absolute atomic E-state index is 0.119. The Kier molecular flexibility index (Phi) is 2.61. The van der Waals surface area contributed by atoms with Crippen LogP contribution in [0.1, 0.15) is 5.76 Å². The number of rotatable bonds is 3. The Labute approximate surface area is 103 Å². The number of phenolic OH excluding ortho intramolecular Hbond substituents is 1. The monoisotopic (exact) mass is 241 g/mol. The van der Waals surface area contributed by atoms with Gasteiger partial charge in [0.25, 0.3) is 0 Å². The van der Waals surface area contributed by atoms with E-state index < -0.39 is 0 Å². The Hall–Kier alpha value is -2.49. The molecule has 3 aromatic rings. The first-order valence-corrected chi connectivity index (χ1v) is 5.57. The fourth-order valence-corrected chi connectivity index (χ4v) is 1.79. The molecule has 0 aliphatic rings. The van der Waals surface area contributed by atoms with Crippen LogP contribution in [0.25, 0.3) is 10.8 Å². The molecule has 2 aromatic carbocycles. The van der Waals surface area contributed by atoms with Crippen molar-refractivity contribution in [2.45, 2.75) is 6.61 Å². The molecule has 0 bridgehead atoms. The van der Waals surface area contributed by atoms with E-state index in [9.17, 15) is 5.11 Å². The van der Waals surface area contributed by atoms with Crippen LogP contribution in [0.3, 0.4) is 0 Å². The number of fused-ring (bicyclic) bond motifs is 1. The topological polar surface area (TPSA) is 55.5 Å². The highest BCUT2D eigenvalue weighted by Crippen LogP contribution is 2.31. The molecule has 0 fully saturated rings. The van der Waals surface area contributed by atoms with Gasteiger partial charge >= 0.3 is 0 Å². The number of hydrogen-bond acceptors (Lipinski definition) is 4. The van der Waals surface area contributed by atoms with Gasteiger partial charge in [-0.05, 0) is 22.9 Å². The maximum Gasteiger partial charge on any atom is 0.174 e. The largest absolute Gasteiger partial charge is 0.504 e. The zero-order valence-corrected chi connectivity index (χ0v) is 9.54. The molecule has 4 nitrogen and oxygen atoms in total. The molecule has 0 unspecified atom stereocenters. The smallest absolute Gasteiger partial charge is 0.174 e. The molecule has 0 aliphatic carbocycles. The number of benzene rings is 2. The molecule has 1 N–H and O–H groups in total. The van der Waals surface area contributed by atoms with Crippen molar-refractivity contribution in [1.82, 2.24) is 5.16 Å². The molecular weight excluding hydrogens is 230 g/mol. The second-order valence-corrected chi connectivity index (χ2v) is 3.93. The maximum atomic E-state index is 9.87. The van der Waals surface area contributed by atoms with Crippen molar-refractivity contribution in [2.24, 2.45) is 0 Å². The van der Waals surface area contributed by atoms with E-state index in [0.29, 0.717) is 11.5 Å². The average molecular weight is 241 g/mol. The quantitative estimate of drug-likeness (QED) is 0.765. The minimum Gasteiger partial charge on any atom is -0.504 e. The molecule has 4 heteroatoms. The first kappa shape index (κ1) is 10.7. The molecule has 0 atom stereocenters. The van der Waals surface area contributed by atoms with Crippen LogP contribution in [0.4, 0.5) is 0 Å². The van der Waals surface area contributed by atoms with Crippen LogP contribution in [0, 0.1) is 0 Å². The Morgan fingerprint density at radius 3 is 2.61 bits per heavy atom. The van der Waals surface area contributed by atoms with Crippen LogP contribution >= 0.6 is 0 Å². The standard InChI is InChI=1S/C14H11NO3/c16-13-7-10-3-1-2-4-11(10)8-14(13)17-9-12-5-6-15-18-12/h1-8,16H,9H2. The molecular formula is C14H11NO3. The lowest BCUT2D eigenvalue weighted by Crippen LogP contribution is -1.94. The van der Waals surface area contributed by atoms with E-state index in [1.807, 2.05) is 24.3 Å². The van der Waals surface area contributed by atoms with Gasteiger partial charge in [0, 0.05) is 6.07 Å². The molecule has 0 saturated carbocycles. The summed E-state index contributed by atoms with van der Waals surface area (Å²) in [4.78, 5) is 0. The summed E-state index contributed by atoms with van der Waals surface area (Å²) in [5.41, 5.74) is 0. The van der Waals surface area contributed by atoms with Gasteiger partial charge in [-0.15, -0.1) is 0 Å². The summed E-state index contributed by atoms with van der Waals surface area (Å²) in [6, 6.07) is 13.0. The normalized spacial score (nSPS) is 10.7. The zero-order valence-electron chi connectivity index (χ0n) is 9.54. The second-order valence-electron chi connectivity index (χ2n) is 3.93. The third-order valence-corrected chi connectivity index (χ3v) is 2.69. The Morgan fingerprint density at radius 2 is 1.89 bits per heavy atom. The summed E-state index contributed by atoms with van der Waals surface area (Å²) in [5.74, 6) is 1.17. The molecule has 0 spiro atoms. The van der Waals surface area contributed by atoms with Crippen LogP contribution in [-0.2, 0) is 6.61 Å². The number of nitrogens with zero attached hydrogens (tertiary/aromatic N) is 1. The van der Waals surface area contributed by atoms with E-state index >= 15 is 0 Å². The Bertz CT molecular complexity index is 662.